The second kappa shape index (κ2) is 4.86. The van der Waals surface area contributed by atoms with E-state index in [-0.39, 0.29) is 0 Å². The van der Waals surface area contributed by atoms with Gasteiger partial charge in [0.1, 0.15) is 0 Å². The Morgan fingerprint density at radius 1 is 1.05 bits per heavy atom. The quantitative estimate of drug-likeness (QED) is 0.508. The minimum atomic E-state index is 0.726. The van der Waals surface area contributed by atoms with E-state index in [1.807, 2.05) is 60.4 Å². The fraction of sp³-hybridized carbons (Fsp3) is 0.0667. The number of aromatic nitrogens is 1. The molecular weight excluding hydrogens is 258 g/mol. The van der Waals surface area contributed by atoms with Crippen molar-refractivity contribution in [2.75, 3.05) is 7.05 Å². The number of fused-ring (bicyclic) bond motifs is 1. The van der Waals surface area contributed by atoms with E-state index in [0.717, 1.165) is 27.3 Å². The van der Waals surface area contributed by atoms with Gasteiger partial charge in [0.25, 0.3) is 0 Å². The van der Waals surface area contributed by atoms with E-state index in [1.165, 1.54) is 0 Å². The van der Waals surface area contributed by atoms with Gasteiger partial charge in [-0.25, -0.2) is 0 Å². The van der Waals surface area contributed by atoms with Crippen LogP contribution in [-0.2, 0) is 0 Å². The van der Waals surface area contributed by atoms with Crippen LogP contribution < -0.4 is 0 Å². The number of azo groups is 2. The first-order valence-electron chi connectivity index (χ1n) is 6.01. The van der Waals surface area contributed by atoms with E-state index < -0.39 is 0 Å². The number of para-hydroxylation sites is 1. The molecule has 0 spiro atoms. The van der Waals surface area contributed by atoms with Crippen LogP contribution in [0.3, 0.4) is 0 Å². The summed E-state index contributed by atoms with van der Waals surface area (Å²) in [4.78, 5) is 3.21. The Hall–Kier alpha value is -2.13. The summed E-state index contributed by atoms with van der Waals surface area (Å²) in [6.07, 6.45) is 1.91. The van der Waals surface area contributed by atoms with E-state index in [9.17, 15) is 0 Å². The van der Waals surface area contributed by atoms with Crippen molar-refractivity contribution in [3.8, 4) is 0 Å². The van der Waals surface area contributed by atoms with E-state index in [0.29, 0.717) is 0 Å². The number of hydrogen-bond donors (Lipinski definition) is 1. The van der Waals surface area contributed by atoms with Crippen molar-refractivity contribution in [1.82, 2.24) is 4.98 Å². The molecule has 0 aliphatic carbocycles. The topological polar surface area (TPSA) is 31.2 Å². The molecule has 0 fully saturated rings. The molecule has 0 saturated heterocycles. The summed E-state index contributed by atoms with van der Waals surface area (Å²) in [5.74, 6) is 0. The highest BCUT2D eigenvalue weighted by Gasteiger charge is 2.08. The number of hydrogen-bond acceptors (Lipinski definition) is 1. The molecule has 94 valence electrons. The van der Waals surface area contributed by atoms with Gasteiger partial charge in [0.15, 0.2) is 12.7 Å². The molecule has 3 aromatic rings. The Balaban J connectivity index is 2.03. The molecular formula is C15H13ClN3+. The third-order valence-corrected chi connectivity index (χ3v) is 3.28. The first-order valence-corrected chi connectivity index (χ1v) is 6.39. The molecule has 3 rings (SSSR count). The van der Waals surface area contributed by atoms with Crippen LogP contribution >= 0.6 is 11.6 Å². The Bertz CT molecular complexity index is 741. The van der Waals surface area contributed by atoms with Crippen molar-refractivity contribution in [3.63, 3.8) is 0 Å². The molecule has 3 nitrogen and oxygen atoms in total. The normalized spacial score (nSPS) is 12.0. The van der Waals surface area contributed by atoms with Gasteiger partial charge in [0.2, 0.25) is 5.69 Å². The molecule has 1 N–H and O–H groups in total. The van der Waals surface area contributed by atoms with Gasteiger partial charge in [-0.1, -0.05) is 34.5 Å². The van der Waals surface area contributed by atoms with Gasteiger partial charge in [-0.2, -0.15) is 0 Å². The Morgan fingerprint density at radius 2 is 1.79 bits per heavy atom. The lowest BCUT2D eigenvalue weighted by molar-refractivity contribution is -0.476. The van der Waals surface area contributed by atoms with Crippen LogP contribution in [0.2, 0.25) is 5.02 Å². The van der Waals surface area contributed by atoms with Crippen molar-refractivity contribution in [2.24, 2.45) is 5.11 Å². The summed E-state index contributed by atoms with van der Waals surface area (Å²) in [6.45, 7) is 0. The van der Waals surface area contributed by atoms with E-state index >= 15 is 0 Å². The Labute approximate surface area is 116 Å². The van der Waals surface area contributed by atoms with Crippen LogP contribution in [0.15, 0.2) is 59.8 Å². The first-order chi connectivity index (χ1) is 9.24. The third kappa shape index (κ3) is 2.37. The summed E-state index contributed by atoms with van der Waals surface area (Å²) in [6, 6.07) is 15.7. The van der Waals surface area contributed by atoms with Crippen LogP contribution in [0.25, 0.3) is 10.9 Å². The second-order valence-electron chi connectivity index (χ2n) is 4.32. The molecule has 0 amide bonds. The van der Waals surface area contributed by atoms with Gasteiger partial charge in [-0.05, 0) is 18.2 Å². The molecule has 0 unspecified atom stereocenters. The van der Waals surface area contributed by atoms with Crippen LogP contribution in [0.4, 0.5) is 11.4 Å². The molecule has 4 heteroatoms. The van der Waals surface area contributed by atoms with E-state index in [2.05, 4.69) is 16.2 Å². The summed E-state index contributed by atoms with van der Waals surface area (Å²) < 4.78 is 1.84. The fourth-order valence-electron chi connectivity index (χ4n) is 2.02. The fourth-order valence-corrected chi connectivity index (χ4v) is 2.14. The van der Waals surface area contributed by atoms with Crippen molar-refractivity contribution in [1.29, 1.82) is 0 Å². The lowest BCUT2D eigenvalue weighted by Crippen LogP contribution is -1.92. The first kappa shape index (κ1) is 11.9. The number of H-pyrrole nitrogens is 1. The molecule has 0 saturated carbocycles. The second-order valence-corrected chi connectivity index (χ2v) is 4.76. The van der Waals surface area contributed by atoms with Gasteiger partial charge in [-0.3, -0.25) is 0 Å². The maximum atomic E-state index is 5.88. The van der Waals surface area contributed by atoms with Gasteiger partial charge < -0.3 is 4.98 Å². The molecule has 1 heterocycles. The predicted octanol–water partition coefficient (Wildman–Crippen LogP) is 4.88. The minimum absolute atomic E-state index is 0.726. The average Bonchev–Trinajstić information content (AvgIpc) is 2.83. The van der Waals surface area contributed by atoms with Gasteiger partial charge in [0.05, 0.1) is 0 Å². The largest absolute Gasteiger partial charge is 0.359 e. The lowest BCUT2D eigenvalue weighted by atomic mass is 10.2. The average molecular weight is 271 g/mol. The highest BCUT2D eigenvalue weighted by atomic mass is 35.5. The highest BCUT2D eigenvalue weighted by Crippen LogP contribution is 2.26. The molecule has 2 aromatic carbocycles. The monoisotopic (exact) mass is 270 g/mol. The third-order valence-electron chi connectivity index (χ3n) is 3.03. The smallest absolute Gasteiger partial charge is 0.231 e. The van der Waals surface area contributed by atoms with Crippen LogP contribution in [0.1, 0.15) is 0 Å². The van der Waals surface area contributed by atoms with Gasteiger partial charge >= 0.3 is 0 Å². The van der Waals surface area contributed by atoms with E-state index in [1.54, 1.807) is 0 Å². The van der Waals surface area contributed by atoms with Gasteiger partial charge in [-0.15, -0.1) is 0 Å². The number of nitrogens with zero attached hydrogens (tertiary/aromatic N) is 2. The van der Waals surface area contributed by atoms with Gasteiger partial charge in [0, 0.05) is 39.4 Å². The number of aromatic amines is 1. The summed E-state index contributed by atoms with van der Waals surface area (Å²) in [5, 5.41) is 6.45. The minimum Gasteiger partial charge on any atom is -0.359 e. The SMILES string of the molecule is C[N+](=Nc1c[nH]c2ccccc12)c1ccc(Cl)cc1. The molecule has 19 heavy (non-hydrogen) atoms. The van der Waals surface area contributed by atoms with Crippen LogP contribution in [0.5, 0.6) is 0 Å². The molecule has 0 bridgehead atoms. The Morgan fingerprint density at radius 3 is 2.58 bits per heavy atom. The molecule has 1 aromatic heterocycles. The lowest BCUT2D eigenvalue weighted by Gasteiger charge is -1.94. The molecule has 0 aliphatic heterocycles. The van der Waals surface area contributed by atoms with E-state index in [4.69, 9.17) is 11.6 Å². The number of rotatable bonds is 2. The number of nitrogens with one attached hydrogen (secondary N) is 1. The standard InChI is InChI=1S/C15H12ClN3/c1-19(12-8-6-11(16)7-9-12)18-15-10-17-14-5-3-2-4-13(14)15/h2-10H,1H3/p+1. The van der Waals surface area contributed by atoms with Crippen LogP contribution in [-0.4, -0.2) is 16.7 Å². The van der Waals surface area contributed by atoms with Crippen molar-refractivity contribution >= 4 is 33.9 Å². The summed E-state index contributed by atoms with van der Waals surface area (Å²) in [7, 11) is 1.92. The predicted molar refractivity (Wildman–Crippen MR) is 77.7 cm³/mol. The maximum absolute atomic E-state index is 5.88. The zero-order valence-corrected chi connectivity index (χ0v) is 11.2. The summed E-state index contributed by atoms with van der Waals surface area (Å²) in [5.41, 5.74) is 3.01. The molecule has 0 aliphatic rings. The highest BCUT2D eigenvalue weighted by molar-refractivity contribution is 6.30. The summed E-state index contributed by atoms with van der Waals surface area (Å²) >= 11 is 5.88. The zero-order chi connectivity index (χ0) is 13.2. The van der Waals surface area contributed by atoms with Crippen LogP contribution in [0, 0.1) is 0 Å². The van der Waals surface area contributed by atoms with Crippen molar-refractivity contribution < 1.29 is 4.70 Å². The molecule has 0 radical (unpaired) electrons. The molecule has 0 atom stereocenters. The Kier molecular flexibility index (Phi) is 3.05. The zero-order valence-electron chi connectivity index (χ0n) is 10.5. The number of halogens is 1. The van der Waals surface area contributed by atoms with Crippen molar-refractivity contribution in [2.45, 2.75) is 0 Å². The maximum Gasteiger partial charge on any atom is 0.231 e. The van der Waals surface area contributed by atoms with Crippen molar-refractivity contribution in [3.05, 3.63) is 59.8 Å². The number of benzene rings is 2.